The van der Waals surface area contributed by atoms with E-state index in [1.54, 1.807) is 24.1 Å². The van der Waals surface area contributed by atoms with Crippen molar-refractivity contribution in [2.24, 2.45) is 0 Å². The molecule has 140 valence electrons. The molecule has 0 saturated heterocycles. The van der Waals surface area contributed by atoms with Crippen LogP contribution in [0.3, 0.4) is 0 Å². The van der Waals surface area contributed by atoms with E-state index in [4.69, 9.17) is 4.74 Å². The van der Waals surface area contributed by atoms with Crippen LogP contribution in [0.1, 0.15) is 25.3 Å². The first-order valence-corrected chi connectivity index (χ1v) is 9.12. The third kappa shape index (κ3) is 3.58. The lowest BCUT2D eigenvalue weighted by atomic mass is 10.0. The SMILES string of the molecule is CCCCN1C(=O)C(c2ccc(OC)cc2)=C(N(C)c2ccccc2)C1=O. The number of nitrogens with zero attached hydrogens (tertiary/aromatic N) is 2. The molecule has 27 heavy (non-hydrogen) atoms. The van der Waals surface area contributed by atoms with E-state index < -0.39 is 0 Å². The van der Waals surface area contributed by atoms with Crippen molar-refractivity contribution in [3.05, 3.63) is 65.9 Å². The Morgan fingerprint density at radius 2 is 1.63 bits per heavy atom. The van der Waals surface area contributed by atoms with Gasteiger partial charge in [-0.1, -0.05) is 43.7 Å². The van der Waals surface area contributed by atoms with Crippen molar-refractivity contribution in [3.63, 3.8) is 0 Å². The number of hydrogen-bond donors (Lipinski definition) is 0. The largest absolute Gasteiger partial charge is 0.497 e. The summed E-state index contributed by atoms with van der Waals surface area (Å²) < 4.78 is 5.21. The molecule has 0 saturated carbocycles. The van der Waals surface area contributed by atoms with Gasteiger partial charge in [0.1, 0.15) is 11.4 Å². The minimum Gasteiger partial charge on any atom is -0.497 e. The molecule has 3 rings (SSSR count). The van der Waals surface area contributed by atoms with Crippen LogP contribution in [-0.4, -0.2) is 37.4 Å². The Labute approximate surface area is 159 Å². The van der Waals surface area contributed by atoms with Crippen LogP contribution in [0.4, 0.5) is 5.69 Å². The molecule has 0 aliphatic carbocycles. The monoisotopic (exact) mass is 364 g/mol. The number of carbonyl (C=O) groups is 2. The highest BCUT2D eigenvalue weighted by Crippen LogP contribution is 2.34. The van der Waals surface area contributed by atoms with Gasteiger partial charge in [0.15, 0.2) is 0 Å². The highest BCUT2D eigenvalue weighted by atomic mass is 16.5. The van der Waals surface area contributed by atoms with Gasteiger partial charge in [-0.15, -0.1) is 0 Å². The topological polar surface area (TPSA) is 49.9 Å². The molecule has 0 radical (unpaired) electrons. The van der Waals surface area contributed by atoms with Gasteiger partial charge in [0.25, 0.3) is 11.8 Å². The van der Waals surface area contributed by atoms with Crippen LogP contribution in [0.25, 0.3) is 5.57 Å². The second kappa shape index (κ2) is 8.08. The van der Waals surface area contributed by atoms with Gasteiger partial charge in [-0.2, -0.15) is 0 Å². The van der Waals surface area contributed by atoms with E-state index in [1.807, 2.05) is 56.4 Å². The summed E-state index contributed by atoms with van der Waals surface area (Å²) in [4.78, 5) is 29.4. The number of rotatable bonds is 7. The fraction of sp³-hybridized carbons (Fsp3) is 0.273. The van der Waals surface area contributed by atoms with Crippen molar-refractivity contribution in [2.45, 2.75) is 19.8 Å². The number of ether oxygens (including phenoxy) is 1. The van der Waals surface area contributed by atoms with E-state index in [0.717, 1.165) is 18.5 Å². The van der Waals surface area contributed by atoms with Crippen molar-refractivity contribution in [1.82, 2.24) is 4.90 Å². The van der Waals surface area contributed by atoms with Crippen molar-refractivity contribution in [3.8, 4) is 5.75 Å². The van der Waals surface area contributed by atoms with Crippen LogP contribution in [0.15, 0.2) is 60.3 Å². The molecular formula is C22H24N2O3. The van der Waals surface area contributed by atoms with E-state index in [2.05, 4.69) is 0 Å². The van der Waals surface area contributed by atoms with Crippen molar-refractivity contribution >= 4 is 23.1 Å². The van der Waals surface area contributed by atoms with Crippen LogP contribution in [-0.2, 0) is 9.59 Å². The fourth-order valence-electron chi connectivity index (χ4n) is 3.19. The first-order valence-electron chi connectivity index (χ1n) is 9.12. The molecule has 0 atom stereocenters. The summed E-state index contributed by atoms with van der Waals surface area (Å²) in [6.45, 7) is 2.47. The lowest BCUT2D eigenvalue weighted by Gasteiger charge is -2.21. The third-order valence-corrected chi connectivity index (χ3v) is 4.74. The number of para-hydroxylation sites is 1. The number of unbranched alkanes of at least 4 members (excludes halogenated alkanes) is 1. The molecule has 2 amide bonds. The molecule has 0 spiro atoms. The molecule has 1 aliphatic rings. The fourth-order valence-corrected chi connectivity index (χ4v) is 3.19. The van der Waals surface area contributed by atoms with Gasteiger partial charge in [0.2, 0.25) is 0 Å². The molecule has 5 nitrogen and oxygen atoms in total. The van der Waals surface area contributed by atoms with Gasteiger partial charge in [0, 0.05) is 19.3 Å². The number of amides is 2. The summed E-state index contributed by atoms with van der Waals surface area (Å²) in [5, 5.41) is 0. The predicted molar refractivity (Wildman–Crippen MR) is 106 cm³/mol. The number of carbonyl (C=O) groups excluding carboxylic acids is 2. The van der Waals surface area contributed by atoms with Gasteiger partial charge in [-0.3, -0.25) is 14.5 Å². The first-order chi connectivity index (χ1) is 13.1. The van der Waals surface area contributed by atoms with Crippen LogP contribution in [0.2, 0.25) is 0 Å². The van der Waals surface area contributed by atoms with E-state index >= 15 is 0 Å². The Bertz CT molecular complexity index is 857. The lowest BCUT2D eigenvalue weighted by molar-refractivity contribution is -0.136. The van der Waals surface area contributed by atoms with Gasteiger partial charge < -0.3 is 9.64 Å². The van der Waals surface area contributed by atoms with Crippen molar-refractivity contribution in [2.75, 3.05) is 25.6 Å². The summed E-state index contributed by atoms with van der Waals surface area (Å²) in [6, 6.07) is 16.8. The molecular weight excluding hydrogens is 340 g/mol. The number of imide groups is 1. The molecule has 1 heterocycles. The number of anilines is 1. The van der Waals surface area contributed by atoms with Gasteiger partial charge >= 0.3 is 0 Å². The molecule has 0 fully saturated rings. The minimum atomic E-state index is -0.245. The third-order valence-electron chi connectivity index (χ3n) is 4.74. The molecule has 0 unspecified atom stereocenters. The molecule has 0 aromatic heterocycles. The van der Waals surface area contributed by atoms with E-state index in [-0.39, 0.29) is 11.8 Å². The van der Waals surface area contributed by atoms with E-state index in [0.29, 0.717) is 29.1 Å². The molecule has 2 aromatic rings. The maximum absolute atomic E-state index is 13.1. The smallest absolute Gasteiger partial charge is 0.278 e. The summed E-state index contributed by atoms with van der Waals surface area (Å²) in [5.74, 6) is 0.221. The normalized spacial score (nSPS) is 14.1. The number of methoxy groups -OCH3 is 1. The van der Waals surface area contributed by atoms with Crippen molar-refractivity contribution in [1.29, 1.82) is 0 Å². The van der Waals surface area contributed by atoms with Gasteiger partial charge in [-0.25, -0.2) is 0 Å². The molecule has 0 bridgehead atoms. The highest BCUT2D eigenvalue weighted by Gasteiger charge is 2.40. The maximum Gasteiger partial charge on any atom is 0.278 e. The standard InChI is InChI=1S/C22H24N2O3/c1-4-5-15-24-21(25)19(16-11-13-18(27-3)14-12-16)20(22(24)26)23(2)17-9-7-6-8-10-17/h6-14H,4-5,15H2,1-3H3. The highest BCUT2D eigenvalue weighted by molar-refractivity contribution is 6.36. The number of benzene rings is 2. The zero-order chi connectivity index (χ0) is 19.4. The Kier molecular flexibility index (Phi) is 5.60. The molecule has 0 N–H and O–H groups in total. The van der Waals surface area contributed by atoms with Crippen molar-refractivity contribution < 1.29 is 14.3 Å². The Balaban J connectivity index is 2.08. The Morgan fingerprint density at radius 3 is 2.22 bits per heavy atom. The number of hydrogen-bond acceptors (Lipinski definition) is 4. The van der Waals surface area contributed by atoms with Crippen LogP contribution in [0.5, 0.6) is 5.75 Å². The Hall–Kier alpha value is -3.08. The quantitative estimate of drug-likeness (QED) is 0.703. The van der Waals surface area contributed by atoms with Crippen LogP contribution < -0.4 is 9.64 Å². The van der Waals surface area contributed by atoms with E-state index in [1.165, 1.54) is 4.90 Å². The van der Waals surface area contributed by atoms with Crippen LogP contribution >= 0.6 is 0 Å². The summed E-state index contributed by atoms with van der Waals surface area (Å²) in [7, 11) is 3.42. The molecule has 5 heteroatoms. The number of likely N-dealkylation sites (N-methyl/N-ethyl adjacent to an activating group) is 1. The van der Waals surface area contributed by atoms with Gasteiger partial charge in [-0.05, 0) is 36.2 Å². The predicted octanol–water partition coefficient (Wildman–Crippen LogP) is 3.71. The maximum atomic E-state index is 13.1. The minimum absolute atomic E-state index is 0.239. The second-order valence-electron chi connectivity index (χ2n) is 6.46. The summed E-state index contributed by atoms with van der Waals surface area (Å²) >= 11 is 0. The average Bonchev–Trinajstić information content (AvgIpc) is 2.96. The van der Waals surface area contributed by atoms with E-state index in [9.17, 15) is 9.59 Å². The summed E-state index contributed by atoms with van der Waals surface area (Å²) in [5.41, 5.74) is 2.42. The van der Waals surface area contributed by atoms with Crippen LogP contribution in [0, 0.1) is 0 Å². The second-order valence-corrected chi connectivity index (χ2v) is 6.46. The average molecular weight is 364 g/mol. The first kappa shape index (κ1) is 18.7. The zero-order valence-corrected chi connectivity index (χ0v) is 15.9. The Morgan fingerprint density at radius 1 is 0.963 bits per heavy atom. The lowest BCUT2D eigenvalue weighted by Crippen LogP contribution is -2.35. The van der Waals surface area contributed by atoms with Gasteiger partial charge in [0.05, 0.1) is 12.7 Å². The molecule has 1 aliphatic heterocycles. The summed E-state index contributed by atoms with van der Waals surface area (Å²) in [6.07, 6.45) is 1.70. The zero-order valence-electron chi connectivity index (χ0n) is 15.9. The molecule has 2 aromatic carbocycles.